The fourth-order valence-electron chi connectivity index (χ4n) is 2.05. The van der Waals surface area contributed by atoms with Crippen molar-refractivity contribution in [3.05, 3.63) is 18.0 Å². The Balaban J connectivity index is 2.34. The van der Waals surface area contributed by atoms with Crippen LogP contribution in [0.5, 0.6) is 0 Å². The molecule has 0 saturated heterocycles. The monoisotopic (exact) mass is 166 g/mol. The molecule has 0 aromatic carbocycles. The number of aliphatic hydroxyl groups excluding tert-OH is 1. The second kappa shape index (κ2) is 2.10. The zero-order valence-corrected chi connectivity index (χ0v) is 7.46. The molecule has 1 aromatic rings. The van der Waals surface area contributed by atoms with Crippen LogP contribution < -0.4 is 0 Å². The van der Waals surface area contributed by atoms with Crippen LogP contribution in [-0.4, -0.2) is 21.9 Å². The number of hydrogen-bond acceptors (Lipinski definition) is 2. The highest BCUT2D eigenvalue weighted by Crippen LogP contribution is 2.63. The molecule has 1 unspecified atom stereocenters. The van der Waals surface area contributed by atoms with E-state index in [2.05, 4.69) is 24.0 Å². The van der Waals surface area contributed by atoms with Crippen LogP contribution >= 0.6 is 0 Å². The number of nitrogens with zero attached hydrogens (tertiary/aromatic N) is 1. The summed E-state index contributed by atoms with van der Waals surface area (Å²) in [5, 5.41) is 16.2. The van der Waals surface area contributed by atoms with Gasteiger partial charge in [-0.1, -0.05) is 13.8 Å². The van der Waals surface area contributed by atoms with Crippen molar-refractivity contribution in [1.82, 2.24) is 10.2 Å². The number of hydrogen-bond donors (Lipinski definition) is 2. The smallest absolute Gasteiger partial charge is 0.0548 e. The molecule has 1 atom stereocenters. The van der Waals surface area contributed by atoms with Gasteiger partial charge in [0, 0.05) is 17.3 Å². The van der Waals surface area contributed by atoms with E-state index in [1.165, 1.54) is 0 Å². The zero-order chi connectivity index (χ0) is 8.82. The molecule has 1 aromatic heterocycles. The van der Waals surface area contributed by atoms with Gasteiger partial charge < -0.3 is 5.11 Å². The van der Waals surface area contributed by atoms with Gasteiger partial charge in [-0.25, -0.2) is 0 Å². The van der Waals surface area contributed by atoms with Crippen LogP contribution in [0.2, 0.25) is 0 Å². The lowest BCUT2D eigenvalue weighted by atomic mass is 9.93. The molecule has 0 aliphatic heterocycles. The summed E-state index contributed by atoms with van der Waals surface area (Å²) in [5.41, 5.74) is 1.23. The molecule has 0 bridgehead atoms. The third-order valence-corrected chi connectivity index (χ3v) is 3.20. The van der Waals surface area contributed by atoms with Gasteiger partial charge in [0.05, 0.1) is 6.61 Å². The zero-order valence-electron chi connectivity index (χ0n) is 7.46. The fourth-order valence-corrected chi connectivity index (χ4v) is 2.05. The molecule has 0 spiro atoms. The number of nitrogens with one attached hydrogen (secondary N) is 1. The maximum absolute atomic E-state index is 9.32. The molecule has 0 radical (unpaired) electrons. The fraction of sp³-hybridized carbons (Fsp3) is 0.667. The summed E-state index contributed by atoms with van der Waals surface area (Å²) < 4.78 is 0. The van der Waals surface area contributed by atoms with Crippen LogP contribution in [0, 0.1) is 5.41 Å². The number of aromatic nitrogens is 2. The summed E-state index contributed by atoms with van der Waals surface area (Å²) in [4.78, 5) is 0. The van der Waals surface area contributed by atoms with E-state index >= 15 is 0 Å². The second-order valence-corrected chi connectivity index (χ2v) is 4.27. The Kier molecular flexibility index (Phi) is 1.37. The third-order valence-electron chi connectivity index (χ3n) is 3.20. The van der Waals surface area contributed by atoms with Gasteiger partial charge in [0.15, 0.2) is 0 Å². The highest BCUT2D eigenvalue weighted by atomic mass is 16.3. The van der Waals surface area contributed by atoms with Crippen molar-refractivity contribution >= 4 is 0 Å². The Morgan fingerprint density at radius 3 is 2.67 bits per heavy atom. The first-order valence-corrected chi connectivity index (χ1v) is 4.23. The third kappa shape index (κ3) is 0.771. The van der Waals surface area contributed by atoms with Gasteiger partial charge in [-0.05, 0) is 17.9 Å². The largest absolute Gasteiger partial charge is 0.395 e. The minimum Gasteiger partial charge on any atom is -0.395 e. The van der Waals surface area contributed by atoms with E-state index in [-0.39, 0.29) is 17.4 Å². The van der Waals surface area contributed by atoms with Gasteiger partial charge >= 0.3 is 0 Å². The molecule has 1 aliphatic carbocycles. The standard InChI is InChI=1S/C9H14N2O/c1-8(2)5-9(8,6-12)7-3-4-10-11-7/h3-4,12H,5-6H2,1-2H3,(H,10,11). The van der Waals surface area contributed by atoms with Gasteiger partial charge in [0.2, 0.25) is 0 Å². The SMILES string of the molecule is CC1(C)CC1(CO)c1ccn[nH]1. The maximum Gasteiger partial charge on any atom is 0.0548 e. The molecule has 12 heavy (non-hydrogen) atoms. The van der Waals surface area contributed by atoms with Crippen LogP contribution in [0.25, 0.3) is 0 Å². The van der Waals surface area contributed by atoms with E-state index < -0.39 is 0 Å². The van der Waals surface area contributed by atoms with Crippen LogP contribution in [-0.2, 0) is 5.41 Å². The number of rotatable bonds is 2. The lowest BCUT2D eigenvalue weighted by Crippen LogP contribution is -2.19. The molecular weight excluding hydrogens is 152 g/mol. The first kappa shape index (κ1) is 7.80. The second-order valence-electron chi connectivity index (χ2n) is 4.27. The van der Waals surface area contributed by atoms with E-state index in [4.69, 9.17) is 0 Å². The minimum absolute atomic E-state index is 0.0521. The van der Waals surface area contributed by atoms with Crippen LogP contribution in [0.3, 0.4) is 0 Å². The van der Waals surface area contributed by atoms with Crippen LogP contribution in [0.15, 0.2) is 12.3 Å². The van der Waals surface area contributed by atoms with Gasteiger partial charge in [-0.3, -0.25) is 5.10 Å². The van der Waals surface area contributed by atoms with Crippen molar-refractivity contribution in [2.24, 2.45) is 5.41 Å². The van der Waals surface area contributed by atoms with Gasteiger partial charge in [0.25, 0.3) is 0 Å². The predicted molar refractivity (Wildman–Crippen MR) is 45.7 cm³/mol. The summed E-state index contributed by atoms with van der Waals surface area (Å²) in [6.45, 7) is 4.55. The lowest BCUT2D eigenvalue weighted by molar-refractivity contribution is 0.228. The highest BCUT2D eigenvalue weighted by Gasteiger charge is 2.62. The van der Waals surface area contributed by atoms with Gasteiger partial charge in [-0.2, -0.15) is 5.10 Å². The van der Waals surface area contributed by atoms with E-state index in [9.17, 15) is 5.11 Å². The first-order valence-electron chi connectivity index (χ1n) is 4.23. The predicted octanol–water partition coefficient (Wildman–Crippen LogP) is 1.07. The van der Waals surface area contributed by atoms with E-state index in [1.807, 2.05) is 6.07 Å². The van der Waals surface area contributed by atoms with Crippen LogP contribution in [0.1, 0.15) is 26.0 Å². The molecule has 1 saturated carbocycles. The molecule has 1 aliphatic rings. The molecule has 1 fully saturated rings. The molecule has 1 heterocycles. The number of aliphatic hydroxyl groups is 1. The van der Waals surface area contributed by atoms with Crippen molar-refractivity contribution in [2.75, 3.05) is 6.61 Å². The van der Waals surface area contributed by atoms with E-state index in [0.29, 0.717) is 0 Å². The lowest BCUT2D eigenvalue weighted by Gasteiger charge is -2.15. The molecular formula is C9H14N2O. The molecule has 3 heteroatoms. The van der Waals surface area contributed by atoms with Gasteiger partial charge in [-0.15, -0.1) is 0 Å². The minimum atomic E-state index is -0.0521. The Morgan fingerprint density at radius 1 is 1.67 bits per heavy atom. The van der Waals surface area contributed by atoms with Crippen molar-refractivity contribution in [3.63, 3.8) is 0 Å². The summed E-state index contributed by atoms with van der Waals surface area (Å²) in [5.74, 6) is 0. The topological polar surface area (TPSA) is 48.9 Å². The van der Waals surface area contributed by atoms with E-state index in [0.717, 1.165) is 12.1 Å². The molecule has 0 amide bonds. The Labute approximate surface area is 71.8 Å². The summed E-state index contributed by atoms with van der Waals surface area (Å²) in [7, 11) is 0. The quantitative estimate of drug-likeness (QED) is 0.690. The molecule has 66 valence electrons. The summed E-state index contributed by atoms with van der Waals surface area (Å²) in [6.07, 6.45) is 2.78. The summed E-state index contributed by atoms with van der Waals surface area (Å²) in [6, 6.07) is 1.95. The molecule has 2 N–H and O–H groups in total. The molecule has 2 rings (SSSR count). The van der Waals surface area contributed by atoms with E-state index in [1.54, 1.807) is 6.20 Å². The first-order chi connectivity index (χ1) is 5.62. The highest BCUT2D eigenvalue weighted by molar-refractivity contribution is 5.31. The number of H-pyrrole nitrogens is 1. The normalized spacial score (nSPS) is 31.9. The Hall–Kier alpha value is -0.830. The van der Waals surface area contributed by atoms with Crippen molar-refractivity contribution in [2.45, 2.75) is 25.7 Å². The average molecular weight is 166 g/mol. The molecule has 3 nitrogen and oxygen atoms in total. The maximum atomic E-state index is 9.32. The number of aromatic amines is 1. The van der Waals surface area contributed by atoms with Gasteiger partial charge in [0.1, 0.15) is 0 Å². The Bertz CT molecular complexity index is 279. The summed E-state index contributed by atoms with van der Waals surface area (Å²) >= 11 is 0. The van der Waals surface area contributed by atoms with Crippen molar-refractivity contribution in [3.8, 4) is 0 Å². The van der Waals surface area contributed by atoms with Crippen molar-refractivity contribution < 1.29 is 5.11 Å². The Morgan fingerprint density at radius 2 is 2.33 bits per heavy atom. The van der Waals surface area contributed by atoms with Crippen LogP contribution in [0.4, 0.5) is 0 Å². The average Bonchev–Trinajstić information content (AvgIpc) is 2.52. The van der Waals surface area contributed by atoms with Crippen molar-refractivity contribution in [1.29, 1.82) is 0 Å².